The summed E-state index contributed by atoms with van der Waals surface area (Å²) in [6.07, 6.45) is 1.83. The minimum atomic E-state index is 0.686. The lowest BCUT2D eigenvalue weighted by Crippen LogP contribution is -2.03. The predicted octanol–water partition coefficient (Wildman–Crippen LogP) is 3.86. The van der Waals surface area contributed by atoms with E-state index in [1.54, 1.807) is 7.11 Å². The zero-order chi connectivity index (χ0) is 13.8. The summed E-state index contributed by atoms with van der Waals surface area (Å²) in [7, 11) is 1.69. The number of methoxy groups -OCH3 is 1. The van der Waals surface area contributed by atoms with Crippen molar-refractivity contribution in [3.05, 3.63) is 66.4 Å². The van der Waals surface area contributed by atoms with E-state index < -0.39 is 0 Å². The summed E-state index contributed by atoms with van der Waals surface area (Å²) in [5.41, 5.74) is 1.12. The third-order valence-corrected chi connectivity index (χ3v) is 3.31. The number of nitrogens with zero attached hydrogens (tertiary/aromatic N) is 1. The van der Waals surface area contributed by atoms with Crippen LogP contribution in [-0.4, -0.2) is 12.1 Å². The Morgan fingerprint density at radius 1 is 1.00 bits per heavy atom. The number of aromatic nitrogens is 1. The topological polar surface area (TPSA) is 34.1 Å². The second-order valence-electron chi connectivity index (χ2n) is 4.55. The van der Waals surface area contributed by atoms with Crippen LogP contribution >= 0.6 is 0 Å². The van der Waals surface area contributed by atoms with Gasteiger partial charge in [0, 0.05) is 23.7 Å². The van der Waals surface area contributed by atoms with Gasteiger partial charge in [0.05, 0.1) is 7.11 Å². The van der Waals surface area contributed by atoms with Gasteiger partial charge in [-0.25, -0.2) is 4.98 Å². The van der Waals surface area contributed by atoms with Crippen LogP contribution in [0.1, 0.15) is 5.56 Å². The quantitative estimate of drug-likeness (QED) is 0.777. The van der Waals surface area contributed by atoms with Gasteiger partial charge < -0.3 is 10.1 Å². The maximum Gasteiger partial charge on any atom is 0.134 e. The van der Waals surface area contributed by atoms with E-state index in [0.29, 0.717) is 6.54 Å². The van der Waals surface area contributed by atoms with Gasteiger partial charge in [0.25, 0.3) is 0 Å². The van der Waals surface area contributed by atoms with Crippen LogP contribution in [0.15, 0.2) is 60.8 Å². The molecule has 0 amide bonds. The summed E-state index contributed by atoms with van der Waals surface area (Å²) in [4.78, 5) is 4.43. The van der Waals surface area contributed by atoms with Crippen molar-refractivity contribution < 1.29 is 4.74 Å². The molecule has 3 aromatic rings. The van der Waals surface area contributed by atoms with Gasteiger partial charge in [0.1, 0.15) is 11.6 Å². The number of benzene rings is 2. The lowest BCUT2D eigenvalue weighted by molar-refractivity contribution is 0.410. The van der Waals surface area contributed by atoms with Crippen molar-refractivity contribution in [2.75, 3.05) is 12.4 Å². The van der Waals surface area contributed by atoms with Crippen molar-refractivity contribution in [2.24, 2.45) is 0 Å². The van der Waals surface area contributed by atoms with E-state index in [0.717, 1.165) is 22.5 Å². The molecule has 0 aliphatic rings. The lowest BCUT2D eigenvalue weighted by Gasteiger charge is -2.11. The molecule has 0 aliphatic heterocycles. The first-order chi connectivity index (χ1) is 9.88. The number of nitrogens with one attached hydrogen (secondary N) is 1. The van der Waals surface area contributed by atoms with E-state index in [9.17, 15) is 0 Å². The standard InChI is InChI=1S/C17H16N2O/c1-20-16-9-5-3-7-14(16)12-19-17-15-8-4-2-6-13(15)10-11-18-17/h2-11H,12H2,1H3,(H,18,19). The van der Waals surface area contributed by atoms with Gasteiger partial charge in [-0.05, 0) is 17.5 Å². The zero-order valence-electron chi connectivity index (χ0n) is 11.3. The van der Waals surface area contributed by atoms with E-state index in [4.69, 9.17) is 4.74 Å². The maximum absolute atomic E-state index is 5.36. The fourth-order valence-corrected chi connectivity index (χ4v) is 2.29. The van der Waals surface area contributed by atoms with Gasteiger partial charge in [0.15, 0.2) is 0 Å². The molecule has 1 N–H and O–H groups in total. The molecule has 0 saturated carbocycles. The first-order valence-corrected chi connectivity index (χ1v) is 6.58. The van der Waals surface area contributed by atoms with Crippen molar-refractivity contribution in [3.63, 3.8) is 0 Å². The van der Waals surface area contributed by atoms with Crippen LogP contribution in [-0.2, 0) is 6.54 Å². The van der Waals surface area contributed by atoms with E-state index in [2.05, 4.69) is 28.5 Å². The molecule has 3 rings (SSSR count). The molecular formula is C17H16N2O. The third-order valence-electron chi connectivity index (χ3n) is 3.31. The van der Waals surface area contributed by atoms with Crippen molar-refractivity contribution >= 4 is 16.6 Å². The fourth-order valence-electron chi connectivity index (χ4n) is 2.29. The van der Waals surface area contributed by atoms with Gasteiger partial charge in [0.2, 0.25) is 0 Å². The molecule has 20 heavy (non-hydrogen) atoms. The number of hydrogen-bond acceptors (Lipinski definition) is 3. The van der Waals surface area contributed by atoms with Crippen molar-refractivity contribution in [2.45, 2.75) is 6.54 Å². The molecule has 100 valence electrons. The molecular weight excluding hydrogens is 248 g/mol. The number of hydrogen-bond donors (Lipinski definition) is 1. The zero-order valence-corrected chi connectivity index (χ0v) is 11.3. The molecule has 0 bridgehead atoms. The van der Waals surface area contributed by atoms with Crippen LogP contribution in [0.25, 0.3) is 10.8 Å². The van der Waals surface area contributed by atoms with Crippen LogP contribution in [0.5, 0.6) is 5.75 Å². The minimum Gasteiger partial charge on any atom is -0.496 e. The van der Waals surface area contributed by atoms with Crippen LogP contribution in [0.2, 0.25) is 0 Å². The molecule has 0 spiro atoms. The smallest absolute Gasteiger partial charge is 0.134 e. The van der Waals surface area contributed by atoms with E-state index in [1.165, 1.54) is 5.39 Å². The van der Waals surface area contributed by atoms with Gasteiger partial charge in [-0.2, -0.15) is 0 Å². The van der Waals surface area contributed by atoms with Gasteiger partial charge in [-0.3, -0.25) is 0 Å². The number of fused-ring (bicyclic) bond motifs is 1. The monoisotopic (exact) mass is 264 g/mol. The number of ether oxygens (including phenoxy) is 1. The Hall–Kier alpha value is -2.55. The predicted molar refractivity (Wildman–Crippen MR) is 82.1 cm³/mol. The Bertz CT molecular complexity index is 720. The van der Waals surface area contributed by atoms with E-state index in [1.807, 2.05) is 42.6 Å². The molecule has 3 nitrogen and oxygen atoms in total. The summed E-state index contributed by atoms with van der Waals surface area (Å²) < 4.78 is 5.36. The normalized spacial score (nSPS) is 10.4. The Morgan fingerprint density at radius 3 is 2.70 bits per heavy atom. The summed E-state index contributed by atoms with van der Waals surface area (Å²) in [6, 6.07) is 18.2. The third kappa shape index (κ3) is 2.43. The highest BCUT2D eigenvalue weighted by Crippen LogP contribution is 2.23. The molecule has 0 aliphatic carbocycles. The molecule has 0 atom stereocenters. The Morgan fingerprint density at radius 2 is 1.80 bits per heavy atom. The molecule has 1 heterocycles. The Balaban J connectivity index is 1.87. The van der Waals surface area contributed by atoms with Crippen molar-refractivity contribution in [1.29, 1.82) is 0 Å². The van der Waals surface area contributed by atoms with Gasteiger partial charge >= 0.3 is 0 Å². The maximum atomic E-state index is 5.36. The van der Waals surface area contributed by atoms with Gasteiger partial charge in [-0.1, -0.05) is 42.5 Å². The minimum absolute atomic E-state index is 0.686. The summed E-state index contributed by atoms with van der Waals surface area (Å²) in [5.74, 6) is 1.79. The van der Waals surface area contributed by atoms with Crippen LogP contribution < -0.4 is 10.1 Å². The second kappa shape index (κ2) is 5.61. The highest BCUT2D eigenvalue weighted by molar-refractivity contribution is 5.91. The lowest BCUT2D eigenvalue weighted by atomic mass is 10.1. The van der Waals surface area contributed by atoms with Crippen LogP contribution in [0.4, 0.5) is 5.82 Å². The Kier molecular flexibility index (Phi) is 3.50. The summed E-state index contributed by atoms with van der Waals surface area (Å²) in [6.45, 7) is 0.686. The first-order valence-electron chi connectivity index (χ1n) is 6.58. The highest BCUT2D eigenvalue weighted by Gasteiger charge is 2.04. The van der Waals surface area contributed by atoms with E-state index >= 15 is 0 Å². The molecule has 0 fully saturated rings. The number of anilines is 1. The molecule has 0 saturated heterocycles. The van der Waals surface area contributed by atoms with Crippen molar-refractivity contribution in [3.8, 4) is 5.75 Å². The van der Waals surface area contributed by atoms with Crippen molar-refractivity contribution in [1.82, 2.24) is 4.98 Å². The van der Waals surface area contributed by atoms with E-state index in [-0.39, 0.29) is 0 Å². The first kappa shape index (κ1) is 12.5. The number of rotatable bonds is 4. The van der Waals surface area contributed by atoms with Gasteiger partial charge in [-0.15, -0.1) is 0 Å². The molecule has 0 unspecified atom stereocenters. The number of para-hydroxylation sites is 1. The highest BCUT2D eigenvalue weighted by atomic mass is 16.5. The molecule has 2 aromatic carbocycles. The SMILES string of the molecule is COc1ccccc1CNc1nccc2ccccc12. The average molecular weight is 264 g/mol. The van der Waals surface area contributed by atoms with Crippen LogP contribution in [0, 0.1) is 0 Å². The molecule has 1 aromatic heterocycles. The summed E-state index contributed by atoms with van der Waals surface area (Å²) >= 11 is 0. The average Bonchev–Trinajstić information content (AvgIpc) is 2.53. The Labute approximate surface area is 118 Å². The summed E-state index contributed by atoms with van der Waals surface area (Å²) in [5, 5.41) is 5.70. The molecule has 3 heteroatoms. The number of pyridine rings is 1. The largest absolute Gasteiger partial charge is 0.496 e. The van der Waals surface area contributed by atoms with Crippen LogP contribution in [0.3, 0.4) is 0 Å². The molecule has 0 radical (unpaired) electrons. The fraction of sp³-hybridized carbons (Fsp3) is 0.118. The second-order valence-corrected chi connectivity index (χ2v) is 4.55.